The second-order valence-electron chi connectivity index (χ2n) is 13.0. The van der Waals surface area contributed by atoms with Crippen molar-refractivity contribution in [1.29, 1.82) is 0 Å². The normalized spacial score (nSPS) is 23.9. The summed E-state index contributed by atoms with van der Waals surface area (Å²) in [5, 5.41) is 0. The van der Waals surface area contributed by atoms with Gasteiger partial charge in [0.2, 0.25) is 5.91 Å². The molecule has 2 aliphatic rings. The van der Waals surface area contributed by atoms with Crippen molar-refractivity contribution in [2.75, 3.05) is 33.3 Å². The van der Waals surface area contributed by atoms with Crippen LogP contribution < -0.4 is 4.74 Å². The highest BCUT2D eigenvalue weighted by molar-refractivity contribution is 5.76. The summed E-state index contributed by atoms with van der Waals surface area (Å²) in [6, 6.07) is 18.8. The van der Waals surface area contributed by atoms with Gasteiger partial charge in [-0.15, -0.1) is 6.58 Å². The largest absolute Gasteiger partial charge is 0.427 e. The number of carbonyl (C=O) groups is 2. The number of carbonyl (C=O) groups excluding carboxylic acids is 2. The van der Waals surface area contributed by atoms with Gasteiger partial charge < -0.3 is 14.4 Å². The minimum atomic E-state index is -0.319. The Bertz CT molecular complexity index is 1200. The van der Waals surface area contributed by atoms with E-state index in [2.05, 4.69) is 66.6 Å². The molecule has 1 aliphatic heterocycles. The molecule has 1 aliphatic carbocycles. The molecule has 43 heavy (non-hydrogen) atoms. The highest BCUT2D eigenvalue weighted by atomic mass is 16.5. The van der Waals surface area contributed by atoms with Crippen molar-refractivity contribution in [2.45, 2.75) is 89.7 Å². The molecule has 6 heteroatoms. The number of fused-ring (bicyclic) bond motifs is 1. The fourth-order valence-corrected chi connectivity index (χ4v) is 7.53. The molecule has 0 radical (unpaired) electrons. The lowest BCUT2D eigenvalue weighted by Gasteiger charge is -2.57. The maximum Gasteiger partial charge on any atom is 0.308 e. The number of benzene rings is 2. The van der Waals surface area contributed by atoms with Gasteiger partial charge in [-0.3, -0.25) is 14.5 Å². The first-order chi connectivity index (χ1) is 20.8. The van der Waals surface area contributed by atoms with E-state index in [0.717, 1.165) is 71.1 Å². The predicted octanol–water partition coefficient (Wildman–Crippen LogP) is 6.82. The molecule has 234 valence electrons. The van der Waals surface area contributed by atoms with Crippen LogP contribution in [0.2, 0.25) is 0 Å². The van der Waals surface area contributed by atoms with Crippen molar-refractivity contribution in [3.8, 4) is 5.75 Å². The molecule has 1 heterocycles. The standard InChI is InChI=1S/C37H52N2O4/c1-6-21-38-22-20-37(31-17-13-18-33(23-31)43-29(4)40)25-32(24-35(42-5)34(37)27-38)39(26-28(2)3)36(41)19-12-8-11-16-30-14-9-7-10-15-30/h6-7,9-10,13-15,17-18,23,28,32,34-35H,1,8,11-12,16,19-22,24-27H2,2-5H3. The fraction of sp³-hybridized carbons (Fsp3) is 0.568. The Labute approximate surface area is 259 Å². The van der Waals surface area contributed by atoms with E-state index in [4.69, 9.17) is 9.47 Å². The van der Waals surface area contributed by atoms with Crippen molar-refractivity contribution in [3.63, 3.8) is 0 Å². The number of nitrogens with zero attached hydrogens (tertiary/aromatic N) is 2. The summed E-state index contributed by atoms with van der Waals surface area (Å²) in [7, 11) is 1.82. The molecule has 0 N–H and O–H groups in total. The number of hydrogen-bond acceptors (Lipinski definition) is 5. The Morgan fingerprint density at radius 1 is 1.12 bits per heavy atom. The Morgan fingerprint density at radius 2 is 1.91 bits per heavy atom. The van der Waals surface area contributed by atoms with Crippen LogP contribution in [0.4, 0.5) is 0 Å². The molecule has 0 spiro atoms. The first-order valence-electron chi connectivity index (χ1n) is 16.2. The van der Waals surface area contributed by atoms with E-state index in [9.17, 15) is 9.59 Å². The first-order valence-corrected chi connectivity index (χ1v) is 16.2. The summed E-state index contributed by atoms with van der Waals surface area (Å²) in [5.74, 6) is 1.15. The topological polar surface area (TPSA) is 59.1 Å². The molecular weight excluding hydrogens is 536 g/mol. The zero-order chi connectivity index (χ0) is 30.8. The minimum absolute atomic E-state index is 0.0112. The minimum Gasteiger partial charge on any atom is -0.427 e. The summed E-state index contributed by atoms with van der Waals surface area (Å²) < 4.78 is 11.8. The lowest BCUT2D eigenvalue weighted by atomic mass is 9.56. The zero-order valence-electron chi connectivity index (χ0n) is 26.8. The van der Waals surface area contributed by atoms with E-state index in [0.29, 0.717) is 18.1 Å². The van der Waals surface area contributed by atoms with Gasteiger partial charge in [-0.1, -0.05) is 68.8 Å². The number of piperidine rings is 1. The van der Waals surface area contributed by atoms with Crippen LogP contribution in [0.15, 0.2) is 67.3 Å². The van der Waals surface area contributed by atoms with Gasteiger partial charge in [0, 0.05) is 57.5 Å². The number of esters is 1. The zero-order valence-corrected chi connectivity index (χ0v) is 26.8. The molecule has 6 nitrogen and oxygen atoms in total. The molecular formula is C37H52N2O4. The third-order valence-electron chi connectivity index (χ3n) is 9.47. The molecule has 0 aromatic heterocycles. The summed E-state index contributed by atoms with van der Waals surface area (Å²) in [4.78, 5) is 30.4. The van der Waals surface area contributed by atoms with Gasteiger partial charge in [0.25, 0.3) is 0 Å². The van der Waals surface area contributed by atoms with Gasteiger partial charge in [-0.05, 0) is 74.2 Å². The third-order valence-corrected chi connectivity index (χ3v) is 9.47. The Kier molecular flexibility index (Phi) is 12.0. The summed E-state index contributed by atoms with van der Waals surface area (Å²) in [6.07, 6.45) is 9.36. The number of hydrogen-bond donors (Lipinski definition) is 0. The number of rotatable bonds is 14. The van der Waals surface area contributed by atoms with E-state index in [1.54, 1.807) is 0 Å². The van der Waals surface area contributed by atoms with Crippen molar-refractivity contribution >= 4 is 11.9 Å². The average molecular weight is 589 g/mol. The number of ether oxygens (including phenoxy) is 2. The van der Waals surface area contributed by atoms with Crippen LogP contribution >= 0.6 is 0 Å². The van der Waals surface area contributed by atoms with Crippen LogP contribution in [0.1, 0.15) is 76.8 Å². The molecule has 4 rings (SSSR count). The number of unbranched alkanes of at least 4 members (excludes halogenated alkanes) is 2. The van der Waals surface area contributed by atoms with Crippen LogP contribution in [-0.2, 0) is 26.2 Å². The molecule has 1 amide bonds. The third kappa shape index (κ3) is 8.57. The number of amides is 1. The number of aryl methyl sites for hydroxylation is 1. The second kappa shape index (κ2) is 15.7. The number of methoxy groups -OCH3 is 1. The van der Waals surface area contributed by atoms with Crippen LogP contribution in [0, 0.1) is 11.8 Å². The highest BCUT2D eigenvalue weighted by Crippen LogP contribution is 2.51. The first kappa shape index (κ1) is 32.9. The lowest BCUT2D eigenvalue weighted by Crippen LogP contribution is -2.62. The molecule has 1 saturated heterocycles. The van der Waals surface area contributed by atoms with Crippen LogP contribution in [0.25, 0.3) is 0 Å². The average Bonchev–Trinajstić information content (AvgIpc) is 2.99. The van der Waals surface area contributed by atoms with Crippen molar-refractivity contribution in [2.24, 2.45) is 11.8 Å². The van der Waals surface area contributed by atoms with Crippen molar-refractivity contribution in [3.05, 3.63) is 78.4 Å². The summed E-state index contributed by atoms with van der Waals surface area (Å²) in [5.41, 5.74) is 2.35. The molecule has 2 aromatic rings. The number of likely N-dealkylation sites (tertiary alicyclic amines) is 1. The molecule has 0 bridgehead atoms. The van der Waals surface area contributed by atoms with Crippen LogP contribution in [0.5, 0.6) is 5.75 Å². The van der Waals surface area contributed by atoms with Gasteiger partial charge >= 0.3 is 5.97 Å². The van der Waals surface area contributed by atoms with Gasteiger partial charge in [0.05, 0.1) is 6.10 Å². The maximum atomic E-state index is 13.9. The lowest BCUT2D eigenvalue weighted by molar-refractivity contribution is -0.141. The van der Waals surface area contributed by atoms with E-state index in [-0.39, 0.29) is 35.4 Å². The van der Waals surface area contributed by atoms with E-state index >= 15 is 0 Å². The van der Waals surface area contributed by atoms with Gasteiger partial charge in [-0.2, -0.15) is 0 Å². The summed E-state index contributed by atoms with van der Waals surface area (Å²) >= 11 is 0. The van der Waals surface area contributed by atoms with E-state index in [1.165, 1.54) is 18.1 Å². The second-order valence-corrected chi connectivity index (χ2v) is 13.0. The van der Waals surface area contributed by atoms with Gasteiger partial charge in [0.1, 0.15) is 5.75 Å². The Balaban J connectivity index is 1.56. The molecule has 2 aromatic carbocycles. The summed E-state index contributed by atoms with van der Waals surface area (Å²) in [6.45, 7) is 13.3. The molecule has 1 saturated carbocycles. The van der Waals surface area contributed by atoms with Crippen LogP contribution in [-0.4, -0.2) is 67.1 Å². The molecule has 2 fully saturated rings. The van der Waals surface area contributed by atoms with E-state index in [1.807, 2.05) is 31.4 Å². The molecule has 4 unspecified atom stereocenters. The van der Waals surface area contributed by atoms with E-state index < -0.39 is 0 Å². The predicted molar refractivity (Wildman–Crippen MR) is 173 cm³/mol. The molecule has 4 atom stereocenters. The maximum absolute atomic E-state index is 13.9. The van der Waals surface area contributed by atoms with Crippen LogP contribution in [0.3, 0.4) is 0 Å². The SMILES string of the molecule is C=CCN1CCC2(c3cccc(OC(C)=O)c3)CC(N(CC(C)C)C(=O)CCCCCc3ccccc3)CC(OC)C2C1. The highest BCUT2D eigenvalue weighted by Gasteiger charge is 2.53. The van der Waals surface area contributed by atoms with Gasteiger partial charge in [-0.25, -0.2) is 0 Å². The van der Waals surface area contributed by atoms with Gasteiger partial charge in [0.15, 0.2) is 0 Å². The fourth-order valence-electron chi connectivity index (χ4n) is 7.53. The van der Waals surface area contributed by atoms with Crippen molar-refractivity contribution in [1.82, 2.24) is 9.80 Å². The monoisotopic (exact) mass is 588 g/mol. The quantitative estimate of drug-likeness (QED) is 0.105. The Morgan fingerprint density at radius 3 is 2.60 bits per heavy atom. The van der Waals surface area contributed by atoms with Crippen molar-refractivity contribution < 1.29 is 19.1 Å². The smallest absolute Gasteiger partial charge is 0.308 e. The Hall–Kier alpha value is -2.96.